The fourth-order valence-corrected chi connectivity index (χ4v) is 2.63. The van der Waals surface area contributed by atoms with Crippen LogP contribution < -0.4 is 10.6 Å². The molecule has 8 heteroatoms. The number of halogens is 1. The van der Waals surface area contributed by atoms with Crippen molar-refractivity contribution in [3.63, 3.8) is 0 Å². The zero-order valence-electron chi connectivity index (χ0n) is 14.2. The van der Waals surface area contributed by atoms with E-state index in [4.69, 9.17) is 11.6 Å². The lowest BCUT2D eigenvalue weighted by molar-refractivity contribution is -0.383. The van der Waals surface area contributed by atoms with Gasteiger partial charge in [-0.3, -0.25) is 10.1 Å². The van der Waals surface area contributed by atoms with E-state index in [2.05, 4.69) is 20.6 Å². The zero-order chi connectivity index (χ0) is 18.7. The number of nitro groups is 1. The first-order valence-corrected chi connectivity index (χ1v) is 8.18. The van der Waals surface area contributed by atoms with Gasteiger partial charge >= 0.3 is 5.69 Å². The second-order valence-electron chi connectivity index (χ2n) is 5.76. The number of hydrogen-bond acceptors (Lipinski definition) is 6. The van der Waals surface area contributed by atoms with Crippen LogP contribution in [-0.2, 0) is 0 Å². The van der Waals surface area contributed by atoms with Crippen LogP contribution in [-0.4, -0.2) is 14.9 Å². The topological polar surface area (TPSA) is 93.0 Å². The molecule has 3 rings (SSSR count). The molecule has 132 valence electrons. The third-order valence-corrected chi connectivity index (χ3v) is 3.97. The van der Waals surface area contributed by atoms with E-state index < -0.39 is 4.92 Å². The van der Waals surface area contributed by atoms with Crippen LogP contribution in [0.3, 0.4) is 0 Å². The number of benzene rings is 2. The number of rotatable bonds is 5. The van der Waals surface area contributed by atoms with Crippen molar-refractivity contribution in [1.29, 1.82) is 0 Å². The number of aromatic nitrogens is 2. The number of hydrogen-bond donors (Lipinski definition) is 2. The van der Waals surface area contributed by atoms with Gasteiger partial charge in [0, 0.05) is 16.4 Å². The molecule has 3 aromatic rings. The molecule has 1 aromatic heterocycles. The Balaban J connectivity index is 2.01. The van der Waals surface area contributed by atoms with Crippen LogP contribution in [0, 0.1) is 24.0 Å². The average Bonchev–Trinajstić information content (AvgIpc) is 2.58. The van der Waals surface area contributed by atoms with Crippen LogP contribution in [0.1, 0.15) is 11.1 Å². The van der Waals surface area contributed by atoms with Crippen molar-refractivity contribution in [2.24, 2.45) is 0 Å². The smallest absolute Gasteiger partial charge is 0.334 e. The first kappa shape index (κ1) is 17.6. The van der Waals surface area contributed by atoms with E-state index in [9.17, 15) is 10.1 Å². The molecular formula is C18H16ClN5O2. The molecule has 0 amide bonds. The summed E-state index contributed by atoms with van der Waals surface area (Å²) in [7, 11) is 0. The first-order valence-electron chi connectivity index (χ1n) is 7.80. The summed E-state index contributed by atoms with van der Waals surface area (Å²) in [6.45, 7) is 3.87. The quantitative estimate of drug-likeness (QED) is 0.477. The fraction of sp³-hybridized carbons (Fsp3) is 0.111. The average molecular weight is 370 g/mol. The molecule has 0 aliphatic carbocycles. The van der Waals surface area contributed by atoms with E-state index in [1.165, 1.54) is 6.33 Å². The van der Waals surface area contributed by atoms with Gasteiger partial charge in [-0.25, -0.2) is 9.97 Å². The summed E-state index contributed by atoms with van der Waals surface area (Å²) < 4.78 is 0. The third kappa shape index (κ3) is 3.89. The highest BCUT2D eigenvalue weighted by Gasteiger charge is 2.23. The van der Waals surface area contributed by atoms with Crippen LogP contribution in [0.15, 0.2) is 48.8 Å². The van der Waals surface area contributed by atoms with Crippen molar-refractivity contribution in [2.75, 3.05) is 10.6 Å². The van der Waals surface area contributed by atoms with Crippen molar-refractivity contribution in [1.82, 2.24) is 9.97 Å². The largest absolute Gasteiger partial charge is 0.353 e. The van der Waals surface area contributed by atoms with Crippen molar-refractivity contribution in [3.05, 3.63) is 75.1 Å². The lowest BCUT2D eigenvalue weighted by Gasteiger charge is -2.12. The summed E-state index contributed by atoms with van der Waals surface area (Å²) in [5, 5.41) is 18.1. The highest BCUT2D eigenvalue weighted by atomic mass is 35.5. The molecular weight excluding hydrogens is 354 g/mol. The Morgan fingerprint density at radius 1 is 1.04 bits per heavy atom. The highest BCUT2D eigenvalue weighted by Crippen LogP contribution is 2.34. The van der Waals surface area contributed by atoms with Gasteiger partial charge in [0.05, 0.1) is 4.92 Å². The molecule has 2 N–H and O–H groups in total. The number of anilines is 4. The Morgan fingerprint density at radius 2 is 1.77 bits per heavy atom. The van der Waals surface area contributed by atoms with Crippen LogP contribution in [0.25, 0.3) is 0 Å². The number of aryl methyl sites for hydroxylation is 2. The van der Waals surface area contributed by atoms with Crippen molar-refractivity contribution < 1.29 is 4.92 Å². The van der Waals surface area contributed by atoms with Crippen LogP contribution in [0.2, 0.25) is 5.02 Å². The molecule has 0 saturated carbocycles. The lowest BCUT2D eigenvalue weighted by Crippen LogP contribution is -2.06. The molecule has 0 atom stereocenters. The molecule has 26 heavy (non-hydrogen) atoms. The Kier molecular flexibility index (Phi) is 4.99. The summed E-state index contributed by atoms with van der Waals surface area (Å²) in [5.41, 5.74) is 3.09. The maximum Gasteiger partial charge on any atom is 0.353 e. The van der Waals surface area contributed by atoms with E-state index in [1.807, 2.05) is 32.0 Å². The van der Waals surface area contributed by atoms with Gasteiger partial charge in [-0.1, -0.05) is 29.8 Å². The Morgan fingerprint density at radius 3 is 2.46 bits per heavy atom. The Bertz CT molecular complexity index is 978. The Hall–Kier alpha value is -3.19. The second kappa shape index (κ2) is 7.37. The number of nitrogens with zero attached hydrogens (tertiary/aromatic N) is 3. The van der Waals surface area contributed by atoms with Crippen LogP contribution in [0.5, 0.6) is 0 Å². The standard InChI is InChI=1S/C18H16ClN5O2/c1-11-6-7-12(2)15(8-11)23-18-16(24(25)26)17(20-10-21-18)22-14-5-3-4-13(19)9-14/h3-10H,1-2H3,(H2,20,21,22,23). The molecule has 0 fully saturated rings. The van der Waals surface area contributed by atoms with E-state index in [0.717, 1.165) is 16.8 Å². The molecule has 1 heterocycles. The molecule has 0 aliphatic rings. The summed E-state index contributed by atoms with van der Waals surface area (Å²) in [6.07, 6.45) is 1.27. The molecule has 7 nitrogen and oxygen atoms in total. The molecule has 0 spiro atoms. The van der Waals surface area contributed by atoms with E-state index in [0.29, 0.717) is 10.7 Å². The monoisotopic (exact) mass is 369 g/mol. The minimum Gasteiger partial charge on any atom is -0.334 e. The maximum absolute atomic E-state index is 11.7. The predicted octanol–water partition coefficient (Wildman–Crippen LogP) is 5.14. The van der Waals surface area contributed by atoms with Crippen molar-refractivity contribution in [2.45, 2.75) is 13.8 Å². The van der Waals surface area contributed by atoms with Gasteiger partial charge in [0.15, 0.2) is 0 Å². The minimum atomic E-state index is -0.514. The Labute approximate surface area is 155 Å². The van der Waals surface area contributed by atoms with Gasteiger partial charge in [-0.2, -0.15) is 0 Å². The van der Waals surface area contributed by atoms with E-state index in [1.54, 1.807) is 24.3 Å². The third-order valence-electron chi connectivity index (χ3n) is 3.74. The van der Waals surface area contributed by atoms with Gasteiger partial charge < -0.3 is 10.6 Å². The predicted molar refractivity (Wildman–Crippen MR) is 103 cm³/mol. The van der Waals surface area contributed by atoms with Crippen LogP contribution >= 0.6 is 11.6 Å². The summed E-state index contributed by atoms with van der Waals surface area (Å²) in [6, 6.07) is 12.7. The number of nitrogens with one attached hydrogen (secondary N) is 2. The van der Waals surface area contributed by atoms with Gasteiger partial charge in [-0.15, -0.1) is 0 Å². The van der Waals surface area contributed by atoms with Crippen molar-refractivity contribution >= 4 is 40.3 Å². The highest BCUT2D eigenvalue weighted by molar-refractivity contribution is 6.30. The molecule has 0 saturated heterocycles. The van der Waals surface area contributed by atoms with E-state index in [-0.39, 0.29) is 17.3 Å². The van der Waals surface area contributed by atoms with Gasteiger partial charge in [0.2, 0.25) is 11.6 Å². The van der Waals surface area contributed by atoms with Crippen LogP contribution in [0.4, 0.5) is 28.7 Å². The summed E-state index contributed by atoms with van der Waals surface area (Å²) in [4.78, 5) is 19.2. The first-order chi connectivity index (χ1) is 12.4. The molecule has 0 bridgehead atoms. The van der Waals surface area contributed by atoms with Gasteiger partial charge in [0.25, 0.3) is 0 Å². The summed E-state index contributed by atoms with van der Waals surface area (Å²) >= 11 is 5.97. The zero-order valence-corrected chi connectivity index (χ0v) is 14.9. The fourth-order valence-electron chi connectivity index (χ4n) is 2.44. The molecule has 0 aliphatic heterocycles. The van der Waals surface area contributed by atoms with Gasteiger partial charge in [0.1, 0.15) is 6.33 Å². The summed E-state index contributed by atoms with van der Waals surface area (Å²) in [5.74, 6) is 0.198. The normalized spacial score (nSPS) is 10.4. The molecule has 2 aromatic carbocycles. The molecule has 0 unspecified atom stereocenters. The maximum atomic E-state index is 11.7. The minimum absolute atomic E-state index is 0.0834. The second-order valence-corrected chi connectivity index (χ2v) is 6.19. The van der Waals surface area contributed by atoms with Crippen molar-refractivity contribution in [3.8, 4) is 0 Å². The SMILES string of the molecule is Cc1ccc(C)c(Nc2ncnc(Nc3cccc(Cl)c3)c2[N+](=O)[O-])c1. The molecule has 0 radical (unpaired) electrons. The lowest BCUT2D eigenvalue weighted by atomic mass is 10.1. The van der Waals surface area contributed by atoms with Gasteiger partial charge in [-0.05, 0) is 49.2 Å². The van der Waals surface area contributed by atoms with E-state index >= 15 is 0 Å².